The molecule has 1 aliphatic carbocycles. The Kier molecular flexibility index (Phi) is 5.79. The van der Waals surface area contributed by atoms with Gasteiger partial charge in [0, 0.05) is 31.1 Å². The van der Waals surface area contributed by atoms with Gasteiger partial charge in [-0.1, -0.05) is 19.8 Å². The van der Waals surface area contributed by atoms with Gasteiger partial charge in [-0.05, 0) is 18.8 Å². The minimum absolute atomic E-state index is 0.0145. The summed E-state index contributed by atoms with van der Waals surface area (Å²) < 4.78 is 0. The monoisotopic (exact) mass is 314 g/mol. The lowest BCUT2D eigenvalue weighted by Gasteiger charge is -2.41. The molecule has 120 valence electrons. The maximum atomic E-state index is 12.7. The number of amides is 2. The zero-order chi connectivity index (χ0) is 15.4. The second-order valence-electron chi connectivity index (χ2n) is 6.34. The number of carboxylic acids is 1. The molecule has 1 saturated heterocycles. The molecule has 1 saturated carbocycles. The molecule has 3 atom stereocenters. The van der Waals surface area contributed by atoms with E-state index in [1.165, 1.54) is 12.8 Å². The van der Waals surface area contributed by atoms with Gasteiger partial charge in [0.1, 0.15) is 0 Å². The van der Waals surface area contributed by atoms with Crippen molar-refractivity contribution < 1.29 is 14.7 Å². The van der Waals surface area contributed by atoms with Gasteiger partial charge < -0.3 is 14.9 Å². The summed E-state index contributed by atoms with van der Waals surface area (Å²) in [6, 6.07) is 0.152. The first-order valence-electron chi connectivity index (χ1n) is 7.82. The first-order valence-corrected chi connectivity index (χ1v) is 8.97. The van der Waals surface area contributed by atoms with Crippen LogP contribution in [0.5, 0.6) is 0 Å². The Hall–Kier alpha value is -0.910. The topological polar surface area (TPSA) is 60.9 Å². The van der Waals surface area contributed by atoms with Gasteiger partial charge >= 0.3 is 12.0 Å². The molecule has 21 heavy (non-hydrogen) atoms. The summed E-state index contributed by atoms with van der Waals surface area (Å²) in [6.07, 6.45) is 4.61. The van der Waals surface area contributed by atoms with Gasteiger partial charge in [-0.25, -0.2) is 4.79 Å². The molecule has 2 rings (SSSR count). The van der Waals surface area contributed by atoms with Gasteiger partial charge in [0.25, 0.3) is 0 Å². The quantitative estimate of drug-likeness (QED) is 0.869. The third-order valence-electron chi connectivity index (χ3n) is 4.64. The van der Waals surface area contributed by atoms with Crippen LogP contribution in [0.1, 0.15) is 39.0 Å². The molecule has 0 aromatic carbocycles. The normalized spacial score (nSPS) is 30.0. The molecule has 3 unspecified atom stereocenters. The van der Waals surface area contributed by atoms with E-state index in [1.54, 1.807) is 16.7 Å². The maximum absolute atomic E-state index is 12.7. The van der Waals surface area contributed by atoms with Crippen molar-refractivity contribution >= 4 is 23.8 Å². The third kappa shape index (κ3) is 4.28. The molecule has 0 radical (unpaired) electrons. The standard InChI is InChI=1S/C15H26N2O3S/c1-11-4-3-5-12(8-11)16(2)15(20)17-6-7-21-10-13(17)9-14(18)19/h11-13H,3-10H2,1-2H3,(H,18,19). The van der Waals surface area contributed by atoms with Crippen molar-refractivity contribution in [2.24, 2.45) is 5.92 Å². The lowest BCUT2D eigenvalue weighted by atomic mass is 9.86. The molecule has 0 spiro atoms. The predicted octanol–water partition coefficient (Wildman–Crippen LogP) is 2.51. The first-order chi connectivity index (χ1) is 9.99. The Balaban J connectivity index is 2.00. The van der Waals surface area contributed by atoms with E-state index in [4.69, 9.17) is 5.11 Å². The molecule has 0 aromatic rings. The first kappa shape index (κ1) is 16.5. The van der Waals surface area contributed by atoms with Gasteiger partial charge in [0.2, 0.25) is 0 Å². The Morgan fingerprint density at radius 2 is 2.14 bits per heavy atom. The highest BCUT2D eigenvalue weighted by Crippen LogP contribution is 2.28. The summed E-state index contributed by atoms with van der Waals surface area (Å²) in [5, 5.41) is 9.03. The fourth-order valence-electron chi connectivity index (χ4n) is 3.39. The summed E-state index contributed by atoms with van der Waals surface area (Å²) in [5.74, 6) is 1.48. The van der Waals surface area contributed by atoms with E-state index in [9.17, 15) is 9.59 Å². The second-order valence-corrected chi connectivity index (χ2v) is 7.49. The number of hydrogen-bond donors (Lipinski definition) is 1. The van der Waals surface area contributed by atoms with Gasteiger partial charge in [0.05, 0.1) is 12.5 Å². The molecular formula is C15H26N2O3S. The number of aliphatic carboxylic acids is 1. The van der Waals surface area contributed by atoms with E-state index in [0.717, 1.165) is 24.3 Å². The number of thioether (sulfide) groups is 1. The molecule has 6 heteroatoms. The highest BCUT2D eigenvalue weighted by molar-refractivity contribution is 7.99. The van der Waals surface area contributed by atoms with Crippen molar-refractivity contribution in [2.75, 3.05) is 25.1 Å². The van der Waals surface area contributed by atoms with Gasteiger partial charge in [0.15, 0.2) is 0 Å². The summed E-state index contributed by atoms with van der Waals surface area (Å²) in [5.41, 5.74) is 0. The number of nitrogens with zero attached hydrogens (tertiary/aromatic N) is 2. The molecule has 2 amide bonds. The number of carbonyl (C=O) groups excluding carboxylic acids is 1. The summed E-state index contributed by atoms with van der Waals surface area (Å²) >= 11 is 1.74. The Morgan fingerprint density at radius 1 is 1.38 bits per heavy atom. The van der Waals surface area contributed by atoms with Crippen molar-refractivity contribution in [1.29, 1.82) is 0 Å². The van der Waals surface area contributed by atoms with E-state index in [0.29, 0.717) is 18.5 Å². The second kappa shape index (κ2) is 7.38. The molecular weight excluding hydrogens is 288 g/mol. The fraction of sp³-hybridized carbons (Fsp3) is 0.867. The Morgan fingerprint density at radius 3 is 2.81 bits per heavy atom. The number of rotatable bonds is 3. The summed E-state index contributed by atoms with van der Waals surface area (Å²) in [4.78, 5) is 27.4. The number of carbonyl (C=O) groups is 2. The van der Waals surface area contributed by atoms with Gasteiger partial charge in [-0.15, -0.1) is 0 Å². The van der Waals surface area contributed by atoms with Crippen LogP contribution in [0.15, 0.2) is 0 Å². The van der Waals surface area contributed by atoms with Crippen LogP contribution in [0.4, 0.5) is 4.79 Å². The third-order valence-corrected chi connectivity index (χ3v) is 5.73. The van der Waals surface area contributed by atoms with Crippen molar-refractivity contribution in [2.45, 2.75) is 51.1 Å². The van der Waals surface area contributed by atoms with Crippen LogP contribution < -0.4 is 0 Å². The van der Waals surface area contributed by atoms with Crippen molar-refractivity contribution in [1.82, 2.24) is 9.80 Å². The van der Waals surface area contributed by atoms with Crippen LogP contribution in [0.3, 0.4) is 0 Å². The zero-order valence-electron chi connectivity index (χ0n) is 13.0. The maximum Gasteiger partial charge on any atom is 0.320 e. The minimum atomic E-state index is -0.825. The number of hydrogen-bond acceptors (Lipinski definition) is 3. The number of urea groups is 1. The Labute approximate surface area is 131 Å². The van der Waals surface area contributed by atoms with Crippen LogP contribution >= 0.6 is 11.8 Å². The van der Waals surface area contributed by atoms with Crippen LogP contribution in [-0.2, 0) is 4.79 Å². The lowest BCUT2D eigenvalue weighted by Crippen LogP contribution is -2.54. The summed E-state index contributed by atoms with van der Waals surface area (Å²) in [6.45, 7) is 2.91. The molecule has 2 aliphatic rings. The Bertz CT molecular complexity index is 391. The highest BCUT2D eigenvalue weighted by atomic mass is 32.2. The largest absolute Gasteiger partial charge is 0.481 e. The molecule has 0 aromatic heterocycles. The molecule has 2 fully saturated rings. The SMILES string of the molecule is CC1CCCC(N(C)C(=O)N2CCSCC2CC(=O)O)C1. The minimum Gasteiger partial charge on any atom is -0.481 e. The van der Waals surface area contributed by atoms with E-state index >= 15 is 0 Å². The lowest BCUT2D eigenvalue weighted by molar-refractivity contribution is -0.138. The molecule has 5 nitrogen and oxygen atoms in total. The van der Waals surface area contributed by atoms with Crippen molar-refractivity contribution in [3.05, 3.63) is 0 Å². The smallest absolute Gasteiger partial charge is 0.320 e. The highest BCUT2D eigenvalue weighted by Gasteiger charge is 2.33. The fourth-order valence-corrected chi connectivity index (χ4v) is 4.45. The average molecular weight is 314 g/mol. The predicted molar refractivity (Wildman–Crippen MR) is 84.7 cm³/mol. The van der Waals surface area contributed by atoms with Crippen LogP contribution in [0.2, 0.25) is 0 Å². The van der Waals surface area contributed by atoms with E-state index in [1.807, 2.05) is 11.9 Å². The van der Waals surface area contributed by atoms with Gasteiger partial charge in [-0.2, -0.15) is 11.8 Å². The zero-order valence-corrected chi connectivity index (χ0v) is 13.8. The molecule has 0 bridgehead atoms. The summed E-state index contributed by atoms with van der Waals surface area (Å²) in [7, 11) is 1.88. The van der Waals surface area contributed by atoms with E-state index in [2.05, 4.69) is 6.92 Å². The molecule has 1 aliphatic heterocycles. The number of carboxylic acid groups (broad SMARTS) is 1. The van der Waals surface area contributed by atoms with E-state index in [-0.39, 0.29) is 18.5 Å². The molecule has 1 heterocycles. The molecule has 1 N–H and O–H groups in total. The average Bonchev–Trinajstić information content (AvgIpc) is 2.46. The van der Waals surface area contributed by atoms with Crippen LogP contribution in [-0.4, -0.2) is 64.1 Å². The van der Waals surface area contributed by atoms with Crippen LogP contribution in [0, 0.1) is 5.92 Å². The van der Waals surface area contributed by atoms with Gasteiger partial charge in [-0.3, -0.25) is 4.79 Å². The van der Waals surface area contributed by atoms with E-state index < -0.39 is 5.97 Å². The van der Waals surface area contributed by atoms with Crippen LogP contribution in [0.25, 0.3) is 0 Å². The van der Waals surface area contributed by atoms with Crippen molar-refractivity contribution in [3.63, 3.8) is 0 Å². The van der Waals surface area contributed by atoms with Crippen molar-refractivity contribution in [3.8, 4) is 0 Å².